The van der Waals surface area contributed by atoms with E-state index >= 15 is 0 Å². The van der Waals surface area contributed by atoms with Crippen LogP contribution in [0.5, 0.6) is 0 Å². The highest BCUT2D eigenvalue weighted by Crippen LogP contribution is 2.10. The average molecular weight is 344 g/mol. The fourth-order valence-electron chi connectivity index (χ4n) is 2.75. The molecule has 1 atom stereocenters. The van der Waals surface area contributed by atoms with Crippen molar-refractivity contribution in [3.8, 4) is 0 Å². The van der Waals surface area contributed by atoms with Gasteiger partial charge in [0.15, 0.2) is 0 Å². The van der Waals surface area contributed by atoms with Gasteiger partial charge < -0.3 is 21.1 Å². The van der Waals surface area contributed by atoms with Crippen molar-refractivity contribution in [3.63, 3.8) is 0 Å². The van der Waals surface area contributed by atoms with E-state index in [-0.39, 0.29) is 12.7 Å². The Morgan fingerprint density at radius 1 is 0.792 bits per heavy atom. The minimum Gasteiger partial charge on any atom is -0.480 e. The molecule has 0 aliphatic rings. The Kier molecular flexibility index (Phi) is 18.2. The van der Waals surface area contributed by atoms with Gasteiger partial charge >= 0.3 is 5.97 Å². The van der Waals surface area contributed by atoms with Gasteiger partial charge in [0.25, 0.3) is 0 Å². The first kappa shape index (κ1) is 23.4. The van der Waals surface area contributed by atoms with Crippen LogP contribution in [0.15, 0.2) is 0 Å². The van der Waals surface area contributed by atoms with Gasteiger partial charge in [-0.3, -0.25) is 4.79 Å². The van der Waals surface area contributed by atoms with Crippen LogP contribution in [0.3, 0.4) is 0 Å². The van der Waals surface area contributed by atoms with Crippen LogP contribution in [0.25, 0.3) is 0 Å². The van der Waals surface area contributed by atoms with E-state index in [4.69, 9.17) is 5.11 Å². The molecule has 0 fully saturated rings. The number of carboxylic acid groups (broad SMARTS) is 1. The molecule has 0 aliphatic heterocycles. The van der Waals surface area contributed by atoms with Crippen LogP contribution >= 0.6 is 0 Å². The zero-order valence-corrected chi connectivity index (χ0v) is 16.0. The molecule has 5 nitrogen and oxygen atoms in total. The molecule has 0 heterocycles. The van der Waals surface area contributed by atoms with Crippen molar-refractivity contribution in [2.75, 3.05) is 26.2 Å². The number of hydrogen-bond acceptors (Lipinski definition) is 4. The van der Waals surface area contributed by atoms with Crippen molar-refractivity contribution in [2.45, 2.75) is 90.6 Å². The number of carboxylic acids is 1. The molecule has 0 saturated heterocycles. The summed E-state index contributed by atoms with van der Waals surface area (Å²) in [6.45, 7) is 6.91. The van der Waals surface area contributed by atoms with Crippen molar-refractivity contribution in [1.82, 2.24) is 16.0 Å². The van der Waals surface area contributed by atoms with E-state index in [1.807, 2.05) is 0 Å². The van der Waals surface area contributed by atoms with Crippen LogP contribution in [0.1, 0.15) is 84.5 Å². The lowest BCUT2D eigenvalue weighted by molar-refractivity contribution is -0.135. The second kappa shape index (κ2) is 18.7. The summed E-state index contributed by atoms with van der Waals surface area (Å²) in [6, 6.07) is 0. The SMILES string of the molecule is CCCCCCCCCCCCCNC(C)NCCNCC(=O)O. The summed E-state index contributed by atoms with van der Waals surface area (Å²) in [5, 5.41) is 18.2. The summed E-state index contributed by atoms with van der Waals surface area (Å²) in [5.74, 6) is -0.808. The molecule has 0 radical (unpaired) electrons. The molecule has 0 rings (SSSR count). The van der Waals surface area contributed by atoms with E-state index in [0.29, 0.717) is 6.54 Å². The third-order valence-corrected chi connectivity index (χ3v) is 4.26. The van der Waals surface area contributed by atoms with Crippen molar-refractivity contribution in [2.24, 2.45) is 0 Å². The predicted molar refractivity (Wildman–Crippen MR) is 102 cm³/mol. The molecule has 0 spiro atoms. The monoisotopic (exact) mass is 343 g/mol. The molecule has 0 amide bonds. The molecule has 0 saturated carbocycles. The number of rotatable bonds is 19. The fourth-order valence-corrected chi connectivity index (χ4v) is 2.75. The average Bonchev–Trinajstić information content (AvgIpc) is 2.55. The summed E-state index contributed by atoms with van der Waals surface area (Å²) < 4.78 is 0. The third kappa shape index (κ3) is 19.4. The predicted octanol–water partition coefficient (Wildman–Crippen LogP) is 3.50. The smallest absolute Gasteiger partial charge is 0.317 e. The van der Waals surface area contributed by atoms with Gasteiger partial charge in [0.05, 0.1) is 12.7 Å². The van der Waals surface area contributed by atoms with Gasteiger partial charge in [-0.1, -0.05) is 71.1 Å². The zero-order chi connectivity index (χ0) is 17.9. The van der Waals surface area contributed by atoms with Gasteiger partial charge in [0.2, 0.25) is 0 Å². The molecule has 24 heavy (non-hydrogen) atoms. The van der Waals surface area contributed by atoms with E-state index in [9.17, 15) is 4.79 Å². The molecular formula is C19H41N3O2. The molecule has 0 aliphatic carbocycles. The highest BCUT2D eigenvalue weighted by atomic mass is 16.4. The Morgan fingerprint density at radius 3 is 1.83 bits per heavy atom. The topological polar surface area (TPSA) is 73.4 Å². The lowest BCUT2D eigenvalue weighted by Gasteiger charge is -2.15. The highest BCUT2D eigenvalue weighted by molar-refractivity contribution is 5.68. The molecule has 0 aromatic heterocycles. The maximum atomic E-state index is 10.3. The summed E-state index contributed by atoms with van der Waals surface area (Å²) in [7, 11) is 0. The van der Waals surface area contributed by atoms with E-state index < -0.39 is 5.97 Å². The standard InChI is InChI=1S/C19H41N3O2/c1-3-4-5-6-7-8-9-10-11-12-13-14-21-18(2)22-16-15-20-17-19(23)24/h18,20-22H,3-17H2,1-2H3,(H,23,24). The normalized spacial score (nSPS) is 12.4. The Bertz CT molecular complexity index is 275. The van der Waals surface area contributed by atoms with Gasteiger partial charge in [-0.25, -0.2) is 0 Å². The zero-order valence-electron chi connectivity index (χ0n) is 16.0. The Morgan fingerprint density at radius 2 is 1.29 bits per heavy atom. The molecule has 5 heteroatoms. The van der Waals surface area contributed by atoms with E-state index in [1.54, 1.807) is 0 Å². The first-order chi connectivity index (χ1) is 11.7. The Balaban J connectivity index is 3.14. The first-order valence-electron chi connectivity index (χ1n) is 10.1. The largest absolute Gasteiger partial charge is 0.480 e. The maximum Gasteiger partial charge on any atom is 0.317 e. The second-order valence-electron chi connectivity index (χ2n) is 6.74. The Hall–Kier alpha value is -0.650. The van der Waals surface area contributed by atoms with Crippen molar-refractivity contribution in [3.05, 3.63) is 0 Å². The number of aliphatic carboxylic acids is 1. The van der Waals surface area contributed by atoms with Gasteiger partial charge in [-0.15, -0.1) is 0 Å². The molecular weight excluding hydrogens is 302 g/mol. The highest BCUT2D eigenvalue weighted by Gasteiger charge is 2.00. The number of unbranched alkanes of at least 4 members (excludes halogenated alkanes) is 10. The molecule has 0 bridgehead atoms. The van der Waals surface area contributed by atoms with Gasteiger partial charge in [-0.2, -0.15) is 0 Å². The molecule has 0 aromatic rings. The molecule has 0 aromatic carbocycles. The van der Waals surface area contributed by atoms with Crippen LogP contribution in [-0.2, 0) is 4.79 Å². The van der Waals surface area contributed by atoms with E-state index in [1.165, 1.54) is 70.6 Å². The van der Waals surface area contributed by atoms with E-state index in [0.717, 1.165) is 13.1 Å². The van der Waals surface area contributed by atoms with Gasteiger partial charge in [0.1, 0.15) is 0 Å². The van der Waals surface area contributed by atoms with Crippen LogP contribution in [0.2, 0.25) is 0 Å². The lowest BCUT2D eigenvalue weighted by atomic mass is 10.1. The number of hydrogen-bond donors (Lipinski definition) is 4. The number of carbonyl (C=O) groups is 1. The van der Waals surface area contributed by atoms with Crippen LogP contribution in [0.4, 0.5) is 0 Å². The minimum absolute atomic E-state index is 0.0300. The molecule has 1 unspecified atom stereocenters. The summed E-state index contributed by atoms with van der Waals surface area (Å²) in [6.07, 6.45) is 15.4. The second-order valence-corrected chi connectivity index (χ2v) is 6.74. The van der Waals surface area contributed by atoms with Crippen LogP contribution < -0.4 is 16.0 Å². The van der Waals surface area contributed by atoms with Gasteiger partial charge in [0, 0.05) is 13.1 Å². The molecule has 144 valence electrons. The van der Waals surface area contributed by atoms with Crippen molar-refractivity contribution >= 4 is 5.97 Å². The maximum absolute atomic E-state index is 10.3. The quantitative estimate of drug-likeness (QED) is 0.213. The molecule has 4 N–H and O–H groups in total. The Labute approximate surface area is 149 Å². The van der Waals surface area contributed by atoms with Crippen molar-refractivity contribution < 1.29 is 9.90 Å². The minimum atomic E-state index is -0.808. The lowest BCUT2D eigenvalue weighted by Crippen LogP contribution is -2.43. The fraction of sp³-hybridized carbons (Fsp3) is 0.947. The van der Waals surface area contributed by atoms with Crippen LogP contribution in [0, 0.1) is 0 Å². The summed E-state index contributed by atoms with van der Waals surface area (Å²) in [5.41, 5.74) is 0. The summed E-state index contributed by atoms with van der Waals surface area (Å²) >= 11 is 0. The summed E-state index contributed by atoms with van der Waals surface area (Å²) in [4.78, 5) is 10.3. The third-order valence-electron chi connectivity index (χ3n) is 4.26. The van der Waals surface area contributed by atoms with E-state index in [2.05, 4.69) is 29.8 Å². The number of nitrogens with one attached hydrogen (secondary N) is 3. The first-order valence-corrected chi connectivity index (χ1v) is 10.1. The van der Waals surface area contributed by atoms with Crippen molar-refractivity contribution in [1.29, 1.82) is 0 Å². The van der Waals surface area contributed by atoms with Crippen LogP contribution in [-0.4, -0.2) is 43.4 Å². The van der Waals surface area contributed by atoms with Gasteiger partial charge in [-0.05, 0) is 19.9 Å².